The number of nitrogens with zero attached hydrogens (tertiary/aromatic N) is 1. The Morgan fingerprint density at radius 3 is 2.43 bits per heavy atom. The maximum absolute atomic E-state index is 12.5. The molecule has 0 aliphatic rings. The van der Waals surface area contributed by atoms with Gasteiger partial charge >= 0.3 is 11.7 Å². The van der Waals surface area contributed by atoms with Crippen LogP contribution in [0, 0.1) is 10.1 Å². The molecule has 0 unspecified atom stereocenters. The fourth-order valence-corrected chi connectivity index (χ4v) is 3.15. The second kappa shape index (κ2) is 9.89. The number of hydrogen-bond donors (Lipinski definition) is 0. The highest BCUT2D eigenvalue weighted by Gasteiger charge is 2.30. The van der Waals surface area contributed by atoms with E-state index in [1.807, 2.05) is 30.3 Å². The number of nitro benzene ring substituents is 1. The first kappa shape index (κ1) is 21.3. The molecule has 0 saturated carbocycles. The Bertz CT molecular complexity index is 1040. The standard InChI is InChI=1S/C22H18BrNO6/c1-28-22(25)21(30-20-10-6-5-9-18(20)24(26)27)17-13-16(23)11-12-19(17)29-14-15-7-3-2-4-8-15/h2-13,21H,14H2,1H3/t21-/m0/s1. The Kier molecular flexibility index (Phi) is 7.03. The summed E-state index contributed by atoms with van der Waals surface area (Å²) < 4.78 is 17.3. The molecule has 0 aromatic heterocycles. The second-order valence-electron chi connectivity index (χ2n) is 6.20. The van der Waals surface area contributed by atoms with E-state index in [1.165, 1.54) is 25.3 Å². The molecule has 0 fully saturated rings. The number of carbonyl (C=O) groups excluding carboxylic acids is 1. The van der Waals surface area contributed by atoms with E-state index < -0.39 is 17.0 Å². The van der Waals surface area contributed by atoms with Gasteiger partial charge in [-0.3, -0.25) is 10.1 Å². The Labute approximate surface area is 181 Å². The molecule has 0 aliphatic heterocycles. The molecule has 0 N–H and O–H groups in total. The summed E-state index contributed by atoms with van der Waals surface area (Å²) in [5, 5.41) is 11.3. The van der Waals surface area contributed by atoms with Gasteiger partial charge in [-0.2, -0.15) is 0 Å². The number of nitro groups is 1. The van der Waals surface area contributed by atoms with Gasteiger partial charge in [-0.1, -0.05) is 58.4 Å². The predicted molar refractivity (Wildman–Crippen MR) is 113 cm³/mol. The normalized spacial score (nSPS) is 11.4. The van der Waals surface area contributed by atoms with Crippen LogP contribution in [0.1, 0.15) is 17.2 Å². The van der Waals surface area contributed by atoms with Crippen LogP contribution >= 0.6 is 15.9 Å². The smallest absolute Gasteiger partial charge is 0.351 e. The summed E-state index contributed by atoms with van der Waals surface area (Å²) >= 11 is 3.38. The molecule has 154 valence electrons. The molecular formula is C22H18BrNO6. The van der Waals surface area contributed by atoms with E-state index in [9.17, 15) is 14.9 Å². The van der Waals surface area contributed by atoms with E-state index in [4.69, 9.17) is 14.2 Å². The molecular weight excluding hydrogens is 454 g/mol. The molecule has 3 aromatic carbocycles. The molecule has 30 heavy (non-hydrogen) atoms. The minimum Gasteiger partial charge on any atom is -0.488 e. The van der Waals surface area contributed by atoms with Crippen molar-refractivity contribution in [3.63, 3.8) is 0 Å². The van der Waals surface area contributed by atoms with Crippen molar-refractivity contribution in [2.45, 2.75) is 12.7 Å². The summed E-state index contributed by atoms with van der Waals surface area (Å²) in [4.78, 5) is 23.3. The molecule has 3 rings (SSSR count). The number of halogens is 1. The fourth-order valence-electron chi connectivity index (χ4n) is 2.77. The Hall–Kier alpha value is -3.39. The first-order valence-electron chi connectivity index (χ1n) is 8.93. The van der Waals surface area contributed by atoms with Crippen LogP contribution in [0.25, 0.3) is 0 Å². The van der Waals surface area contributed by atoms with Crippen LogP contribution in [0.2, 0.25) is 0 Å². The Morgan fingerprint density at radius 2 is 1.73 bits per heavy atom. The lowest BCUT2D eigenvalue weighted by molar-refractivity contribution is -0.386. The SMILES string of the molecule is COC(=O)[C@@H](Oc1ccccc1[N+](=O)[O-])c1cc(Br)ccc1OCc1ccccc1. The maximum atomic E-state index is 12.5. The Morgan fingerprint density at radius 1 is 1.03 bits per heavy atom. The summed E-state index contributed by atoms with van der Waals surface area (Å²) in [5.41, 5.74) is 1.07. The maximum Gasteiger partial charge on any atom is 0.351 e. The van der Waals surface area contributed by atoms with Crippen molar-refractivity contribution >= 4 is 27.6 Å². The number of ether oxygens (including phenoxy) is 3. The summed E-state index contributed by atoms with van der Waals surface area (Å²) in [7, 11) is 1.22. The molecule has 8 heteroatoms. The van der Waals surface area contributed by atoms with Gasteiger partial charge in [0.1, 0.15) is 12.4 Å². The van der Waals surface area contributed by atoms with E-state index in [2.05, 4.69) is 15.9 Å². The van der Waals surface area contributed by atoms with E-state index >= 15 is 0 Å². The minimum absolute atomic E-state index is 0.0492. The van der Waals surface area contributed by atoms with Gasteiger partial charge in [0.25, 0.3) is 0 Å². The van der Waals surface area contributed by atoms with E-state index in [0.29, 0.717) is 15.8 Å². The van der Waals surface area contributed by atoms with Crippen LogP contribution in [0.3, 0.4) is 0 Å². The van der Waals surface area contributed by atoms with Crippen molar-refractivity contribution in [3.8, 4) is 11.5 Å². The molecule has 0 radical (unpaired) electrons. The number of carbonyl (C=O) groups is 1. The van der Waals surface area contributed by atoms with Gasteiger partial charge in [-0.05, 0) is 29.8 Å². The highest BCUT2D eigenvalue weighted by molar-refractivity contribution is 9.10. The third-order valence-corrected chi connectivity index (χ3v) is 4.71. The zero-order valence-electron chi connectivity index (χ0n) is 16.0. The van der Waals surface area contributed by atoms with Gasteiger partial charge in [0.15, 0.2) is 5.75 Å². The van der Waals surface area contributed by atoms with Crippen molar-refractivity contribution in [3.05, 3.63) is 98.5 Å². The van der Waals surface area contributed by atoms with Crippen molar-refractivity contribution in [1.82, 2.24) is 0 Å². The molecule has 1 atom stereocenters. The van der Waals surface area contributed by atoms with Crippen LogP contribution in [0.4, 0.5) is 5.69 Å². The van der Waals surface area contributed by atoms with Crippen LogP contribution in [-0.2, 0) is 16.1 Å². The van der Waals surface area contributed by atoms with Crippen molar-refractivity contribution in [2.24, 2.45) is 0 Å². The second-order valence-corrected chi connectivity index (χ2v) is 7.12. The van der Waals surface area contributed by atoms with Gasteiger partial charge in [-0.25, -0.2) is 4.79 Å². The summed E-state index contributed by atoms with van der Waals surface area (Å²) in [6.45, 7) is 0.273. The highest BCUT2D eigenvalue weighted by Crippen LogP contribution is 2.36. The average Bonchev–Trinajstić information content (AvgIpc) is 2.77. The average molecular weight is 472 g/mol. The zero-order chi connectivity index (χ0) is 21.5. The van der Waals surface area contributed by atoms with Crippen molar-refractivity contribution in [1.29, 1.82) is 0 Å². The molecule has 0 saturated heterocycles. The minimum atomic E-state index is -1.26. The van der Waals surface area contributed by atoms with Crippen LogP contribution < -0.4 is 9.47 Å². The van der Waals surface area contributed by atoms with Crippen LogP contribution in [0.5, 0.6) is 11.5 Å². The van der Waals surface area contributed by atoms with E-state index in [0.717, 1.165) is 5.56 Å². The van der Waals surface area contributed by atoms with Gasteiger partial charge in [0, 0.05) is 16.1 Å². The molecule has 3 aromatic rings. The number of para-hydroxylation sites is 2. The van der Waals surface area contributed by atoms with Crippen molar-refractivity contribution in [2.75, 3.05) is 7.11 Å². The lowest BCUT2D eigenvalue weighted by atomic mass is 10.1. The fraction of sp³-hybridized carbons (Fsp3) is 0.136. The number of rotatable bonds is 8. The monoisotopic (exact) mass is 471 g/mol. The van der Waals surface area contributed by atoms with E-state index in [-0.39, 0.29) is 18.0 Å². The molecule has 0 bridgehead atoms. The summed E-state index contributed by atoms with van der Waals surface area (Å²) in [5.74, 6) is -0.362. The lowest BCUT2D eigenvalue weighted by Crippen LogP contribution is -2.21. The first-order valence-corrected chi connectivity index (χ1v) is 9.73. The largest absolute Gasteiger partial charge is 0.488 e. The molecule has 0 heterocycles. The molecule has 7 nitrogen and oxygen atoms in total. The van der Waals surface area contributed by atoms with Crippen LogP contribution in [-0.4, -0.2) is 18.0 Å². The summed E-state index contributed by atoms with van der Waals surface area (Å²) in [6, 6.07) is 20.5. The van der Waals surface area contributed by atoms with Crippen molar-refractivity contribution < 1.29 is 23.9 Å². The summed E-state index contributed by atoms with van der Waals surface area (Å²) in [6.07, 6.45) is -1.26. The van der Waals surface area contributed by atoms with Gasteiger partial charge in [0.05, 0.1) is 12.0 Å². The highest BCUT2D eigenvalue weighted by atomic mass is 79.9. The number of methoxy groups -OCH3 is 1. The number of hydrogen-bond acceptors (Lipinski definition) is 6. The Balaban J connectivity index is 1.97. The van der Waals surface area contributed by atoms with Gasteiger partial charge in [-0.15, -0.1) is 0 Å². The molecule has 0 spiro atoms. The topological polar surface area (TPSA) is 87.9 Å². The van der Waals surface area contributed by atoms with Gasteiger partial charge < -0.3 is 14.2 Å². The predicted octanol–water partition coefficient (Wildman–Crippen LogP) is 5.23. The first-order chi connectivity index (χ1) is 14.5. The number of esters is 1. The molecule has 0 aliphatic carbocycles. The van der Waals surface area contributed by atoms with Gasteiger partial charge in [0.2, 0.25) is 6.10 Å². The zero-order valence-corrected chi connectivity index (χ0v) is 17.6. The number of benzene rings is 3. The third-order valence-electron chi connectivity index (χ3n) is 4.21. The quantitative estimate of drug-likeness (QED) is 0.254. The van der Waals surface area contributed by atoms with E-state index in [1.54, 1.807) is 24.3 Å². The van der Waals surface area contributed by atoms with Crippen LogP contribution in [0.15, 0.2) is 77.3 Å². The molecule has 0 amide bonds. The third kappa shape index (κ3) is 5.15. The lowest BCUT2D eigenvalue weighted by Gasteiger charge is -2.20.